The SMILES string of the molecule is Cl.Cn1cc(C(=O)NCCC(=N)N)cc1NC(=O)C1=[N+](C)C=C(NC(=O)c2cccc(C(=O)NC3=CC(C(=O)Nc4cc(C(=O)NCCC(=N)N)cn4C)=[N+](C)C3)c2)C1. The van der Waals surface area contributed by atoms with Gasteiger partial charge in [0.25, 0.3) is 35.1 Å². The summed E-state index contributed by atoms with van der Waals surface area (Å²) in [6.07, 6.45) is 6.82. The number of carbonyl (C=O) groups is 6. The predicted molar refractivity (Wildman–Crippen MR) is 222 cm³/mol. The summed E-state index contributed by atoms with van der Waals surface area (Å²) in [5.74, 6) is -1.98. The number of hydrogen-bond acceptors (Lipinski definition) is 8. The Kier molecular flexibility index (Phi) is 14.4. The van der Waals surface area contributed by atoms with Crippen LogP contribution in [0.1, 0.15) is 60.7 Å². The van der Waals surface area contributed by atoms with Gasteiger partial charge in [0.05, 0.1) is 40.6 Å². The molecule has 0 bridgehead atoms. The van der Waals surface area contributed by atoms with Gasteiger partial charge in [0, 0.05) is 69.6 Å². The molecule has 5 rings (SSSR count). The van der Waals surface area contributed by atoms with Crippen molar-refractivity contribution in [2.45, 2.75) is 19.3 Å². The highest BCUT2D eigenvalue weighted by molar-refractivity contribution is 6.45. The van der Waals surface area contributed by atoms with E-state index in [0.717, 1.165) is 0 Å². The summed E-state index contributed by atoms with van der Waals surface area (Å²) in [6, 6.07) is 9.15. The second-order valence-corrected chi connectivity index (χ2v) is 13.7. The van der Waals surface area contributed by atoms with Gasteiger partial charge in [-0.3, -0.25) is 39.6 Å². The third-order valence-corrected chi connectivity index (χ3v) is 9.07. The number of allylic oxidation sites excluding steroid dienone is 1. The molecule has 59 heavy (non-hydrogen) atoms. The van der Waals surface area contributed by atoms with Gasteiger partial charge in [-0.25, -0.2) is 4.58 Å². The molecule has 6 amide bonds. The summed E-state index contributed by atoms with van der Waals surface area (Å²) in [6.45, 7) is 0.636. The van der Waals surface area contributed by atoms with Gasteiger partial charge in [-0.2, -0.15) is 4.58 Å². The topological polar surface area (TPSA) is 290 Å². The first kappa shape index (κ1) is 44.4. The Morgan fingerprint density at radius 1 is 0.678 bits per heavy atom. The Morgan fingerprint density at radius 2 is 1.17 bits per heavy atom. The Bertz CT molecular complexity index is 2380. The molecule has 0 aliphatic carbocycles. The van der Waals surface area contributed by atoms with Gasteiger partial charge < -0.3 is 52.5 Å². The van der Waals surface area contributed by atoms with Crippen LogP contribution in [0.4, 0.5) is 11.6 Å². The van der Waals surface area contributed by atoms with Crippen LogP contribution < -0.4 is 43.4 Å². The monoisotopic (exact) mass is 830 g/mol. The van der Waals surface area contributed by atoms with Gasteiger partial charge in [0.2, 0.25) is 0 Å². The van der Waals surface area contributed by atoms with E-state index in [1.165, 1.54) is 18.2 Å². The minimum absolute atomic E-state index is 0. The highest BCUT2D eigenvalue weighted by Gasteiger charge is 2.31. The molecule has 21 heteroatoms. The molecule has 0 fully saturated rings. The summed E-state index contributed by atoms with van der Waals surface area (Å²) in [5, 5.41) is 31.1. The number of amides is 6. The summed E-state index contributed by atoms with van der Waals surface area (Å²) < 4.78 is 6.42. The molecule has 0 saturated carbocycles. The number of rotatable bonds is 16. The van der Waals surface area contributed by atoms with E-state index >= 15 is 0 Å². The lowest BCUT2D eigenvalue weighted by Crippen LogP contribution is -2.29. The zero-order chi connectivity index (χ0) is 42.3. The van der Waals surface area contributed by atoms with Crippen LogP contribution in [-0.2, 0) is 23.7 Å². The van der Waals surface area contributed by atoms with Gasteiger partial charge in [0.15, 0.2) is 12.7 Å². The van der Waals surface area contributed by atoms with E-state index in [-0.39, 0.29) is 91.6 Å². The normalized spacial score (nSPS) is 13.2. The summed E-state index contributed by atoms with van der Waals surface area (Å²) in [5.41, 5.74) is 13.2. The zero-order valence-electron chi connectivity index (χ0n) is 32.8. The molecule has 2 aliphatic heterocycles. The van der Waals surface area contributed by atoms with Crippen LogP contribution in [-0.4, -0.2) is 111 Å². The first-order valence-electron chi connectivity index (χ1n) is 18.0. The molecular formula is C38H47ClN14O6+2. The van der Waals surface area contributed by atoms with E-state index in [1.54, 1.807) is 89.3 Å². The number of nitrogens with zero attached hydrogens (tertiary/aromatic N) is 4. The molecule has 0 atom stereocenters. The second-order valence-electron chi connectivity index (χ2n) is 13.7. The van der Waals surface area contributed by atoms with Crippen molar-refractivity contribution in [3.63, 3.8) is 0 Å². The lowest BCUT2D eigenvalue weighted by Gasteiger charge is -2.08. The maximum atomic E-state index is 13.3. The molecular weight excluding hydrogens is 784 g/mol. The van der Waals surface area contributed by atoms with Gasteiger partial charge in [-0.1, -0.05) is 6.07 Å². The number of amidine groups is 2. The van der Waals surface area contributed by atoms with Gasteiger partial charge in [-0.05, 0) is 30.3 Å². The van der Waals surface area contributed by atoms with Crippen molar-refractivity contribution in [3.05, 3.63) is 94.7 Å². The molecule has 0 unspecified atom stereocenters. The summed E-state index contributed by atoms with van der Waals surface area (Å²) in [7, 11) is 6.71. The van der Waals surface area contributed by atoms with E-state index < -0.39 is 23.6 Å². The van der Waals surface area contributed by atoms with Crippen LogP contribution in [0.2, 0.25) is 0 Å². The largest absolute Gasteiger partial charge is 0.388 e. The lowest BCUT2D eigenvalue weighted by atomic mass is 10.1. The number of nitrogens with one attached hydrogen (secondary N) is 8. The molecule has 2 aromatic heterocycles. The number of benzene rings is 1. The molecule has 1 aromatic carbocycles. The maximum absolute atomic E-state index is 13.3. The van der Waals surface area contributed by atoms with Crippen molar-refractivity contribution in [1.82, 2.24) is 30.4 Å². The number of nitrogens with two attached hydrogens (primary N) is 2. The minimum Gasteiger partial charge on any atom is -0.388 e. The molecule has 4 heterocycles. The van der Waals surface area contributed by atoms with Crippen molar-refractivity contribution in [3.8, 4) is 0 Å². The predicted octanol–water partition coefficient (Wildman–Crippen LogP) is -0.0567. The minimum atomic E-state index is -0.497. The van der Waals surface area contributed by atoms with Crippen LogP contribution in [0, 0.1) is 10.8 Å². The lowest BCUT2D eigenvalue weighted by molar-refractivity contribution is -0.483. The van der Waals surface area contributed by atoms with Crippen LogP contribution in [0.25, 0.3) is 0 Å². The van der Waals surface area contributed by atoms with Gasteiger partial charge in [-0.15, -0.1) is 12.4 Å². The van der Waals surface area contributed by atoms with Crippen LogP contribution in [0.15, 0.2) is 72.5 Å². The number of aromatic nitrogens is 2. The first-order valence-corrected chi connectivity index (χ1v) is 18.0. The Labute approximate surface area is 344 Å². The van der Waals surface area contributed by atoms with Crippen molar-refractivity contribution in [1.29, 1.82) is 10.8 Å². The molecule has 2 aliphatic rings. The quantitative estimate of drug-likeness (QED) is 0.0529. The number of likely N-dealkylation sites (N-methyl/N-ethyl adjacent to an activating group) is 1. The number of anilines is 2. The maximum Gasteiger partial charge on any atom is 0.321 e. The zero-order valence-corrected chi connectivity index (χ0v) is 33.6. The fourth-order valence-corrected chi connectivity index (χ4v) is 6.01. The van der Waals surface area contributed by atoms with E-state index in [2.05, 4.69) is 31.9 Å². The Balaban J connectivity index is 0.00000769. The number of hydrogen-bond donors (Lipinski definition) is 10. The van der Waals surface area contributed by atoms with Crippen molar-refractivity contribution in [2.75, 3.05) is 44.4 Å². The highest BCUT2D eigenvalue weighted by atomic mass is 35.5. The molecule has 3 aromatic rings. The Hall–Kier alpha value is -7.35. The van der Waals surface area contributed by atoms with Crippen molar-refractivity contribution >= 4 is 82.6 Å². The number of aryl methyl sites for hydroxylation is 2. The van der Waals surface area contributed by atoms with E-state index in [4.69, 9.17) is 22.3 Å². The van der Waals surface area contributed by atoms with E-state index in [9.17, 15) is 28.8 Å². The van der Waals surface area contributed by atoms with E-state index in [0.29, 0.717) is 39.9 Å². The van der Waals surface area contributed by atoms with Crippen molar-refractivity contribution in [2.24, 2.45) is 25.6 Å². The van der Waals surface area contributed by atoms with E-state index in [1.807, 2.05) is 0 Å². The molecule has 310 valence electrons. The summed E-state index contributed by atoms with van der Waals surface area (Å²) in [4.78, 5) is 78.0. The average Bonchev–Trinajstić information content (AvgIpc) is 3.93. The number of carbonyl (C=O) groups excluding carboxylic acids is 6. The van der Waals surface area contributed by atoms with Crippen LogP contribution in [0.3, 0.4) is 0 Å². The van der Waals surface area contributed by atoms with Crippen molar-refractivity contribution < 1.29 is 37.9 Å². The third kappa shape index (κ3) is 11.4. The fourth-order valence-electron chi connectivity index (χ4n) is 6.01. The molecule has 0 radical (unpaired) electrons. The fraction of sp³-hybridized carbons (Fsp3) is 0.263. The smallest absolute Gasteiger partial charge is 0.321 e. The first-order chi connectivity index (χ1) is 27.5. The van der Waals surface area contributed by atoms with Gasteiger partial charge in [0.1, 0.15) is 25.7 Å². The Morgan fingerprint density at radius 3 is 1.68 bits per heavy atom. The molecule has 0 spiro atoms. The highest BCUT2D eigenvalue weighted by Crippen LogP contribution is 2.17. The third-order valence-electron chi connectivity index (χ3n) is 9.07. The van der Waals surface area contributed by atoms with Crippen LogP contribution in [0.5, 0.6) is 0 Å². The molecule has 20 nitrogen and oxygen atoms in total. The second kappa shape index (κ2) is 19.2. The van der Waals surface area contributed by atoms with Crippen LogP contribution >= 0.6 is 12.4 Å². The summed E-state index contributed by atoms with van der Waals surface area (Å²) >= 11 is 0. The standard InChI is InChI=1S/C38H44N14O6.ClH/c1-49-19-25(15-27(49)37(57)47-31-13-23(17-51(31)3)33(53)43-10-8-29(39)40)45-35(55)21-6-5-7-22(12-21)36(56)46-26-16-28(50(2)20-26)38(58)48-32-14-24(18-52(32)4)34(54)44-11-9-30(41)42;/h5-7,12-15,17-18,20H,8-11,16,19H2,1-4H3,(H10-,39,40,41,42,43,44,46,47,48,53,54,56,57,58);1H/p+2. The number of halogens is 1. The average molecular weight is 831 g/mol. The molecule has 12 N–H and O–H groups in total. The molecule has 0 saturated heterocycles. The van der Waals surface area contributed by atoms with Gasteiger partial charge >= 0.3 is 11.8 Å².